The number of primary amides is 1. The molecule has 0 saturated carbocycles. The number of rotatable bonds is 5. The molecule has 146 valence electrons. The third kappa shape index (κ3) is 6.03. The van der Waals surface area contributed by atoms with E-state index in [-0.39, 0.29) is 12.3 Å². The zero-order valence-corrected chi connectivity index (χ0v) is 17.0. The molecule has 0 saturated heterocycles. The minimum absolute atomic E-state index is 0.119. The third-order valence-corrected chi connectivity index (χ3v) is 5.48. The highest BCUT2D eigenvalue weighted by molar-refractivity contribution is 7.13. The number of hydrogen-bond acceptors (Lipinski definition) is 4. The quantitative estimate of drug-likeness (QED) is 0.671. The number of carboxylic acids is 1. The number of carbonyl (C=O) groups is 2. The van der Waals surface area contributed by atoms with Crippen LogP contribution >= 0.6 is 11.3 Å². The first kappa shape index (κ1) is 21.3. The van der Waals surface area contributed by atoms with Crippen LogP contribution < -0.4 is 5.73 Å². The van der Waals surface area contributed by atoms with Crippen molar-refractivity contribution in [3.8, 4) is 0 Å². The Morgan fingerprint density at radius 2 is 1.82 bits per heavy atom. The molecule has 0 fully saturated rings. The van der Waals surface area contributed by atoms with Gasteiger partial charge in [-0.2, -0.15) is 0 Å². The molecule has 1 atom stereocenters. The Balaban J connectivity index is 0.000000209. The second-order valence-corrected chi connectivity index (χ2v) is 7.62. The van der Waals surface area contributed by atoms with E-state index in [0.29, 0.717) is 4.88 Å². The molecule has 0 spiro atoms. The molecule has 1 aromatic heterocycles. The van der Waals surface area contributed by atoms with Gasteiger partial charge in [-0.3, -0.25) is 9.59 Å². The summed E-state index contributed by atoms with van der Waals surface area (Å²) in [6.45, 7) is 5.96. The van der Waals surface area contributed by atoms with Crippen LogP contribution in [0.3, 0.4) is 0 Å². The summed E-state index contributed by atoms with van der Waals surface area (Å²) in [5.41, 5.74) is 9.44. The highest BCUT2D eigenvalue weighted by Gasteiger charge is 2.14. The molecule has 1 amide bonds. The number of thiazole rings is 1. The molecule has 0 aliphatic rings. The fourth-order valence-corrected chi connectivity index (χ4v) is 3.49. The van der Waals surface area contributed by atoms with Crippen molar-refractivity contribution in [3.05, 3.63) is 86.9 Å². The second-order valence-electron chi connectivity index (χ2n) is 6.56. The number of aryl methyl sites for hydroxylation is 2. The van der Waals surface area contributed by atoms with Crippen LogP contribution in [0.15, 0.2) is 54.7 Å². The van der Waals surface area contributed by atoms with E-state index in [9.17, 15) is 9.59 Å². The first-order valence-corrected chi connectivity index (χ1v) is 9.68. The maximum absolute atomic E-state index is 11.0. The summed E-state index contributed by atoms with van der Waals surface area (Å²) in [7, 11) is 0. The summed E-state index contributed by atoms with van der Waals surface area (Å²) < 4.78 is 0. The predicted octanol–water partition coefficient (Wildman–Crippen LogP) is 4.32. The molecule has 3 rings (SSSR count). The topological polar surface area (TPSA) is 93.3 Å². The third-order valence-electron chi connectivity index (χ3n) is 4.28. The van der Waals surface area contributed by atoms with Gasteiger partial charge in [0.2, 0.25) is 0 Å². The highest BCUT2D eigenvalue weighted by atomic mass is 32.1. The second kappa shape index (κ2) is 9.80. The van der Waals surface area contributed by atoms with Crippen LogP contribution in [0.4, 0.5) is 0 Å². The van der Waals surface area contributed by atoms with Crippen molar-refractivity contribution in [2.75, 3.05) is 0 Å². The normalized spacial score (nSPS) is 11.2. The van der Waals surface area contributed by atoms with E-state index < -0.39 is 11.9 Å². The SMILES string of the molecule is C[C@H](c1ccccc1)c1ncc(C(N)=O)s1.Cc1ccc(C)c(CC(=O)O)c1. The Bertz CT molecular complexity index is 951. The Hall–Kier alpha value is -2.99. The molecule has 0 aliphatic carbocycles. The van der Waals surface area contributed by atoms with Crippen molar-refractivity contribution in [3.63, 3.8) is 0 Å². The summed E-state index contributed by atoms with van der Waals surface area (Å²) in [6, 6.07) is 15.9. The molecular weight excluding hydrogens is 372 g/mol. The molecule has 3 aromatic rings. The fraction of sp³-hybridized carbons (Fsp3) is 0.227. The number of benzene rings is 2. The molecule has 0 radical (unpaired) electrons. The van der Waals surface area contributed by atoms with E-state index in [1.165, 1.54) is 16.9 Å². The number of aromatic nitrogens is 1. The maximum atomic E-state index is 11.0. The van der Waals surface area contributed by atoms with E-state index in [0.717, 1.165) is 21.7 Å². The fourth-order valence-electron chi connectivity index (χ4n) is 2.64. The van der Waals surface area contributed by atoms with Crippen molar-refractivity contribution in [1.29, 1.82) is 0 Å². The van der Waals surface area contributed by atoms with Gasteiger partial charge in [0.05, 0.1) is 12.6 Å². The van der Waals surface area contributed by atoms with Crippen LogP contribution in [-0.2, 0) is 11.2 Å². The van der Waals surface area contributed by atoms with Gasteiger partial charge < -0.3 is 10.8 Å². The van der Waals surface area contributed by atoms with E-state index in [2.05, 4.69) is 24.0 Å². The Morgan fingerprint density at radius 3 is 2.39 bits per heavy atom. The molecule has 28 heavy (non-hydrogen) atoms. The van der Waals surface area contributed by atoms with Crippen LogP contribution in [0.25, 0.3) is 0 Å². The van der Waals surface area contributed by atoms with Crippen LogP contribution in [0, 0.1) is 13.8 Å². The molecule has 1 heterocycles. The van der Waals surface area contributed by atoms with Gasteiger partial charge in [-0.25, -0.2) is 4.98 Å². The number of hydrogen-bond donors (Lipinski definition) is 2. The average Bonchev–Trinajstić information content (AvgIpc) is 3.15. The number of aliphatic carboxylic acids is 1. The highest BCUT2D eigenvalue weighted by Crippen LogP contribution is 2.27. The largest absolute Gasteiger partial charge is 0.481 e. The van der Waals surface area contributed by atoms with Crippen LogP contribution in [0.1, 0.15) is 49.8 Å². The Labute approximate surface area is 168 Å². The smallest absolute Gasteiger partial charge is 0.307 e. The first-order chi connectivity index (χ1) is 13.3. The van der Waals surface area contributed by atoms with Gasteiger partial charge in [0.25, 0.3) is 5.91 Å². The van der Waals surface area contributed by atoms with E-state index in [4.69, 9.17) is 10.8 Å². The zero-order chi connectivity index (χ0) is 20.7. The molecule has 5 nitrogen and oxygen atoms in total. The number of amides is 1. The van der Waals surface area contributed by atoms with E-state index >= 15 is 0 Å². The summed E-state index contributed by atoms with van der Waals surface area (Å²) >= 11 is 1.36. The Kier molecular flexibility index (Phi) is 7.46. The first-order valence-electron chi connectivity index (χ1n) is 8.86. The van der Waals surface area contributed by atoms with E-state index in [1.54, 1.807) is 6.20 Å². The van der Waals surface area contributed by atoms with Gasteiger partial charge in [-0.1, -0.05) is 61.0 Å². The van der Waals surface area contributed by atoms with Crippen molar-refractivity contribution < 1.29 is 14.7 Å². The van der Waals surface area contributed by atoms with Gasteiger partial charge in [0, 0.05) is 5.92 Å². The summed E-state index contributed by atoms with van der Waals surface area (Å²) in [4.78, 5) is 26.1. The maximum Gasteiger partial charge on any atom is 0.307 e. The number of nitrogens with zero attached hydrogens (tertiary/aromatic N) is 1. The van der Waals surface area contributed by atoms with E-state index in [1.807, 2.05) is 50.2 Å². The average molecular weight is 397 g/mol. The minimum Gasteiger partial charge on any atom is -0.481 e. The van der Waals surface area contributed by atoms with Gasteiger partial charge in [-0.15, -0.1) is 11.3 Å². The van der Waals surface area contributed by atoms with Crippen molar-refractivity contribution in [2.24, 2.45) is 5.73 Å². The summed E-state index contributed by atoms with van der Waals surface area (Å²) in [5.74, 6) is -0.994. The number of carboxylic acid groups (broad SMARTS) is 1. The van der Waals surface area contributed by atoms with Crippen LogP contribution in [0.2, 0.25) is 0 Å². The number of nitrogens with two attached hydrogens (primary N) is 1. The van der Waals surface area contributed by atoms with Gasteiger partial charge in [0.1, 0.15) is 9.88 Å². The Morgan fingerprint density at radius 1 is 1.14 bits per heavy atom. The lowest BCUT2D eigenvalue weighted by Crippen LogP contribution is -2.08. The predicted molar refractivity (Wildman–Crippen MR) is 112 cm³/mol. The molecule has 3 N–H and O–H groups in total. The monoisotopic (exact) mass is 396 g/mol. The van der Waals surface area contributed by atoms with Crippen LogP contribution in [0.5, 0.6) is 0 Å². The van der Waals surface area contributed by atoms with Gasteiger partial charge in [-0.05, 0) is 30.5 Å². The lowest BCUT2D eigenvalue weighted by atomic mass is 10.0. The van der Waals surface area contributed by atoms with Crippen molar-refractivity contribution in [1.82, 2.24) is 4.98 Å². The zero-order valence-electron chi connectivity index (χ0n) is 16.2. The van der Waals surface area contributed by atoms with Crippen LogP contribution in [-0.4, -0.2) is 22.0 Å². The lowest BCUT2D eigenvalue weighted by molar-refractivity contribution is -0.136. The number of carbonyl (C=O) groups excluding carboxylic acids is 1. The molecule has 0 aliphatic heterocycles. The lowest BCUT2D eigenvalue weighted by Gasteiger charge is -2.07. The molecular formula is C22H24N2O3S. The summed E-state index contributed by atoms with van der Waals surface area (Å²) in [6.07, 6.45) is 1.66. The minimum atomic E-state index is -0.774. The summed E-state index contributed by atoms with van der Waals surface area (Å²) in [5, 5.41) is 9.50. The molecule has 2 aromatic carbocycles. The molecule has 6 heteroatoms. The van der Waals surface area contributed by atoms with Crippen molar-refractivity contribution in [2.45, 2.75) is 33.1 Å². The standard InChI is InChI=1S/C12H12N2OS.C10H12O2/c1-8(9-5-3-2-4-6-9)12-14-7-10(16-12)11(13)15;1-7-3-4-8(2)9(5-7)6-10(11)12/h2-8H,1H3,(H2,13,15);3-5H,6H2,1-2H3,(H,11,12)/t8-;/m1./s1. The van der Waals surface area contributed by atoms with Crippen molar-refractivity contribution >= 4 is 23.2 Å². The van der Waals surface area contributed by atoms with Gasteiger partial charge in [0.15, 0.2) is 0 Å². The van der Waals surface area contributed by atoms with Gasteiger partial charge >= 0.3 is 5.97 Å². The molecule has 0 unspecified atom stereocenters. The molecule has 0 bridgehead atoms.